The number of hydrogen-bond acceptors (Lipinski definition) is 5. The summed E-state index contributed by atoms with van der Waals surface area (Å²) in [6, 6.07) is 16.0. The van der Waals surface area contributed by atoms with Crippen molar-refractivity contribution in [2.75, 3.05) is 7.11 Å². The van der Waals surface area contributed by atoms with E-state index in [1.165, 1.54) is 4.90 Å². The van der Waals surface area contributed by atoms with Crippen LogP contribution in [0.25, 0.3) is 0 Å². The Bertz CT molecular complexity index is 1070. The van der Waals surface area contributed by atoms with E-state index in [1.807, 2.05) is 53.4 Å². The van der Waals surface area contributed by atoms with Crippen LogP contribution in [0.3, 0.4) is 0 Å². The molecule has 0 saturated carbocycles. The summed E-state index contributed by atoms with van der Waals surface area (Å²) in [5, 5.41) is 0. The van der Waals surface area contributed by atoms with Crippen molar-refractivity contribution in [3.8, 4) is 11.5 Å². The van der Waals surface area contributed by atoms with Crippen LogP contribution < -0.4 is 9.47 Å². The van der Waals surface area contributed by atoms with Gasteiger partial charge in [0.1, 0.15) is 6.61 Å². The van der Waals surface area contributed by atoms with Crippen molar-refractivity contribution in [3.05, 3.63) is 59.7 Å². The molecule has 3 fully saturated rings. The molecule has 35 heavy (non-hydrogen) atoms. The Morgan fingerprint density at radius 2 is 1.57 bits per heavy atom. The standard InChI is InChI=1S/C28H32N2O5/c1-34-24-11-7-19(15-25(24)35-18-20-5-3-2-4-6-20)8-12-26(31)29-21-9-10-22(29)17-23(16-21)30-27(32)13-14-28(30)33/h2-7,11,15,21-23H,8-10,12-14,16-18H2,1H3. The molecule has 2 aromatic carbocycles. The van der Waals surface area contributed by atoms with E-state index in [9.17, 15) is 14.4 Å². The van der Waals surface area contributed by atoms with E-state index < -0.39 is 0 Å². The summed E-state index contributed by atoms with van der Waals surface area (Å²) < 4.78 is 11.5. The zero-order valence-electron chi connectivity index (χ0n) is 20.2. The SMILES string of the molecule is COc1ccc(CCC(=O)N2C3CCC2CC(N2C(=O)CCC2=O)C3)cc1OCc1ccccc1. The molecule has 3 heterocycles. The Hall–Kier alpha value is -3.35. The van der Waals surface area contributed by atoms with E-state index in [0.717, 1.165) is 24.0 Å². The second-order valence-corrected chi connectivity index (χ2v) is 9.73. The van der Waals surface area contributed by atoms with Gasteiger partial charge in [0.15, 0.2) is 11.5 Å². The molecule has 3 amide bonds. The first-order chi connectivity index (χ1) is 17.0. The summed E-state index contributed by atoms with van der Waals surface area (Å²) >= 11 is 0. The van der Waals surface area contributed by atoms with E-state index in [0.29, 0.717) is 56.6 Å². The van der Waals surface area contributed by atoms with Crippen molar-refractivity contribution in [1.82, 2.24) is 9.80 Å². The maximum Gasteiger partial charge on any atom is 0.229 e. The van der Waals surface area contributed by atoms with Crippen LogP contribution in [0, 0.1) is 0 Å². The van der Waals surface area contributed by atoms with E-state index in [1.54, 1.807) is 7.11 Å². The Balaban J connectivity index is 1.20. The van der Waals surface area contributed by atoms with Gasteiger partial charge in [0, 0.05) is 37.4 Å². The number of rotatable bonds is 8. The van der Waals surface area contributed by atoms with E-state index in [-0.39, 0.29) is 35.8 Å². The lowest BCUT2D eigenvalue weighted by Crippen LogP contribution is -2.53. The van der Waals surface area contributed by atoms with Gasteiger partial charge >= 0.3 is 0 Å². The summed E-state index contributed by atoms with van der Waals surface area (Å²) in [4.78, 5) is 41.2. The number of ether oxygens (including phenoxy) is 2. The first kappa shape index (κ1) is 23.4. The van der Waals surface area contributed by atoms with Gasteiger partial charge < -0.3 is 14.4 Å². The molecule has 3 aliphatic heterocycles. The van der Waals surface area contributed by atoms with Gasteiger partial charge in [0.25, 0.3) is 0 Å². The number of aryl methyl sites for hydroxylation is 1. The summed E-state index contributed by atoms with van der Waals surface area (Å²) in [7, 11) is 1.62. The quantitative estimate of drug-likeness (QED) is 0.541. The summed E-state index contributed by atoms with van der Waals surface area (Å²) in [6.07, 6.45) is 5.00. The third-order valence-corrected chi connectivity index (χ3v) is 7.54. The van der Waals surface area contributed by atoms with Crippen LogP contribution >= 0.6 is 0 Å². The van der Waals surface area contributed by atoms with Gasteiger partial charge in [0.05, 0.1) is 7.11 Å². The van der Waals surface area contributed by atoms with Crippen molar-refractivity contribution in [3.63, 3.8) is 0 Å². The van der Waals surface area contributed by atoms with Gasteiger partial charge in [-0.2, -0.15) is 0 Å². The minimum atomic E-state index is -0.0519. The first-order valence-electron chi connectivity index (χ1n) is 12.5. The number of methoxy groups -OCH3 is 1. The number of fused-ring (bicyclic) bond motifs is 2. The van der Waals surface area contributed by atoms with Crippen molar-refractivity contribution in [1.29, 1.82) is 0 Å². The molecular formula is C28H32N2O5. The van der Waals surface area contributed by atoms with E-state index in [4.69, 9.17) is 9.47 Å². The molecule has 2 atom stereocenters. The van der Waals surface area contributed by atoms with Crippen molar-refractivity contribution in [2.24, 2.45) is 0 Å². The molecule has 2 aromatic rings. The fourth-order valence-corrected chi connectivity index (χ4v) is 5.87. The molecule has 7 heteroatoms. The molecule has 5 rings (SSSR count). The smallest absolute Gasteiger partial charge is 0.229 e. The van der Waals surface area contributed by atoms with E-state index in [2.05, 4.69) is 0 Å². The highest BCUT2D eigenvalue weighted by molar-refractivity contribution is 6.02. The number of carbonyl (C=O) groups excluding carboxylic acids is 3. The average Bonchev–Trinajstić information content (AvgIpc) is 3.36. The predicted octanol–water partition coefficient (Wildman–Crippen LogP) is 3.88. The van der Waals surface area contributed by atoms with Crippen molar-refractivity contribution >= 4 is 17.7 Å². The maximum absolute atomic E-state index is 13.2. The van der Waals surface area contributed by atoms with Gasteiger partial charge in [0.2, 0.25) is 17.7 Å². The highest BCUT2D eigenvalue weighted by atomic mass is 16.5. The topological polar surface area (TPSA) is 76.2 Å². The lowest BCUT2D eigenvalue weighted by atomic mass is 9.95. The molecule has 2 bridgehead atoms. The molecule has 184 valence electrons. The van der Waals surface area contributed by atoms with Crippen LogP contribution in [0.4, 0.5) is 0 Å². The monoisotopic (exact) mass is 476 g/mol. The minimum Gasteiger partial charge on any atom is -0.493 e. The number of benzene rings is 2. The average molecular weight is 477 g/mol. The molecule has 0 spiro atoms. The fraction of sp³-hybridized carbons (Fsp3) is 0.464. The maximum atomic E-state index is 13.2. The molecular weight excluding hydrogens is 444 g/mol. The van der Waals surface area contributed by atoms with Crippen LogP contribution in [0.15, 0.2) is 48.5 Å². The van der Waals surface area contributed by atoms with Crippen LogP contribution in [0.5, 0.6) is 11.5 Å². The van der Waals surface area contributed by atoms with Gasteiger partial charge in [-0.05, 0) is 55.4 Å². The number of amides is 3. The van der Waals surface area contributed by atoms with Crippen LogP contribution in [-0.2, 0) is 27.4 Å². The molecule has 2 unspecified atom stereocenters. The second-order valence-electron chi connectivity index (χ2n) is 9.73. The molecule has 0 radical (unpaired) electrons. The predicted molar refractivity (Wildman–Crippen MR) is 130 cm³/mol. The highest BCUT2D eigenvalue weighted by Crippen LogP contribution is 2.39. The van der Waals surface area contributed by atoms with Gasteiger partial charge in [-0.15, -0.1) is 0 Å². The van der Waals surface area contributed by atoms with Crippen molar-refractivity contribution < 1.29 is 23.9 Å². The number of carbonyl (C=O) groups is 3. The van der Waals surface area contributed by atoms with E-state index >= 15 is 0 Å². The Labute approximate surface area is 206 Å². The third kappa shape index (κ3) is 4.90. The lowest BCUT2D eigenvalue weighted by molar-refractivity contribution is -0.144. The summed E-state index contributed by atoms with van der Waals surface area (Å²) in [5.74, 6) is 1.38. The number of hydrogen-bond donors (Lipinski definition) is 0. The van der Waals surface area contributed by atoms with Crippen LogP contribution in [-0.4, -0.2) is 52.8 Å². The van der Waals surface area contributed by atoms with Gasteiger partial charge in [-0.1, -0.05) is 36.4 Å². The molecule has 3 saturated heterocycles. The zero-order chi connectivity index (χ0) is 24.4. The largest absolute Gasteiger partial charge is 0.493 e. The summed E-state index contributed by atoms with van der Waals surface area (Å²) in [5.41, 5.74) is 2.10. The first-order valence-corrected chi connectivity index (χ1v) is 12.5. The molecule has 0 N–H and O–H groups in total. The lowest BCUT2D eigenvalue weighted by Gasteiger charge is -2.41. The van der Waals surface area contributed by atoms with Gasteiger partial charge in [-0.25, -0.2) is 0 Å². The van der Waals surface area contributed by atoms with Crippen LogP contribution in [0.2, 0.25) is 0 Å². The summed E-state index contributed by atoms with van der Waals surface area (Å²) in [6.45, 7) is 0.444. The Morgan fingerprint density at radius 1 is 0.886 bits per heavy atom. The van der Waals surface area contributed by atoms with Crippen molar-refractivity contribution in [2.45, 2.75) is 76.1 Å². The number of imide groups is 1. The third-order valence-electron chi connectivity index (χ3n) is 7.54. The highest BCUT2D eigenvalue weighted by Gasteiger charge is 2.47. The minimum absolute atomic E-state index is 0.0510. The second kappa shape index (κ2) is 10.1. The fourth-order valence-electron chi connectivity index (χ4n) is 5.87. The molecule has 0 aromatic heterocycles. The number of nitrogens with zero attached hydrogens (tertiary/aromatic N) is 2. The number of piperidine rings is 1. The normalized spacial score (nSPS) is 23.6. The number of likely N-dealkylation sites (tertiary alicyclic amines) is 1. The Kier molecular flexibility index (Phi) is 6.75. The van der Waals surface area contributed by atoms with Gasteiger partial charge in [-0.3, -0.25) is 19.3 Å². The van der Waals surface area contributed by atoms with Crippen LogP contribution in [0.1, 0.15) is 56.1 Å². The molecule has 0 aliphatic carbocycles. The Morgan fingerprint density at radius 3 is 2.23 bits per heavy atom. The zero-order valence-corrected chi connectivity index (χ0v) is 20.2. The molecule has 7 nitrogen and oxygen atoms in total. The molecule has 3 aliphatic rings.